The lowest BCUT2D eigenvalue weighted by atomic mass is 10.1. The van der Waals surface area contributed by atoms with Crippen molar-refractivity contribution in [2.75, 3.05) is 6.61 Å². The number of aryl methyl sites for hydroxylation is 1. The third-order valence-corrected chi connectivity index (χ3v) is 4.46. The topological polar surface area (TPSA) is 95.1 Å². The number of amides is 1. The number of aromatic amines is 1. The minimum atomic E-state index is -0.142. The fourth-order valence-electron chi connectivity index (χ4n) is 3.01. The molecule has 0 aliphatic heterocycles. The first-order valence-corrected chi connectivity index (χ1v) is 8.55. The van der Waals surface area contributed by atoms with Gasteiger partial charge in [-0.05, 0) is 43.7 Å². The van der Waals surface area contributed by atoms with E-state index in [4.69, 9.17) is 5.11 Å². The molecule has 0 radical (unpaired) electrons. The van der Waals surface area contributed by atoms with E-state index in [0.717, 1.165) is 12.8 Å². The van der Waals surface area contributed by atoms with E-state index in [1.807, 2.05) is 18.2 Å². The molecule has 1 amide bonds. The van der Waals surface area contributed by atoms with Crippen LogP contribution in [0.5, 0.6) is 0 Å². The van der Waals surface area contributed by atoms with Crippen molar-refractivity contribution in [2.45, 2.75) is 44.6 Å². The largest absolute Gasteiger partial charge is 0.396 e. The van der Waals surface area contributed by atoms with Crippen LogP contribution < -0.4 is 10.9 Å². The number of aliphatic hydroxyl groups excluding tert-OH is 1. The maximum Gasteiger partial charge on any atom is 0.258 e. The first kappa shape index (κ1) is 16.6. The molecule has 1 aliphatic rings. The fraction of sp³-hybridized carbons (Fsp3) is 0.500. The van der Waals surface area contributed by atoms with Crippen LogP contribution in [0.2, 0.25) is 0 Å². The third kappa shape index (κ3) is 4.20. The number of nitrogens with one attached hydrogen (secondary N) is 2. The molecule has 6 heteroatoms. The van der Waals surface area contributed by atoms with E-state index in [0.29, 0.717) is 48.3 Å². The van der Waals surface area contributed by atoms with Crippen molar-refractivity contribution in [1.82, 2.24) is 15.3 Å². The van der Waals surface area contributed by atoms with Gasteiger partial charge in [0.05, 0.1) is 10.9 Å². The Bertz CT molecular complexity index is 767. The molecule has 0 spiro atoms. The van der Waals surface area contributed by atoms with Crippen molar-refractivity contribution in [3.63, 3.8) is 0 Å². The van der Waals surface area contributed by atoms with Crippen LogP contribution in [0.15, 0.2) is 29.1 Å². The zero-order chi connectivity index (χ0) is 16.9. The maximum absolute atomic E-state index is 12.0. The molecule has 1 aromatic heterocycles. The second-order valence-electron chi connectivity index (χ2n) is 6.41. The van der Waals surface area contributed by atoms with Crippen LogP contribution in [0.3, 0.4) is 0 Å². The van der Waals surface area contributed by atoms with Crippen LogP contribution in [0.25, 0.3) is 10.9 Å². The monoisotopic (exact) mass is 329 g/mol. The summed E-state index contributed by atoms with van der Waals surface area (Å²) in [5.74, 6) is 1.14. The molecule has 3 rings (SSSR count). The van der Waals surface area contributed by atoms with Crippen LogP contribution in [0.4, 0.5) is 0 Å². The normalized spacial score (nSPS) is 15.4. The van der Waals surface area contributed by atoms with Gasteiger partial charge >= 0.3 is 0 Å². The summed E-state index contributed by atoms with van der Waals surface area (Å²) in [5.41, 5.74) is 0.536. The molecule has 0 bridgehead atoms. The van der Waals surface area contributed by atoms with Gasteiger partial charge in [-0.3, -0.25) is 9.59 Å². The summed E-state index contributed by atoms with van der Waals surface area (Å²) < 4.78 is 0. The zero-order valence-electron chi connectivity index (χ0n) is 13.6. The number of nitrogens with zero attached hydrogens (tertiary/aromatic N) is 1. The number of benzene rings is 1. The van der Waals surface area contributed by atoms with E-state index in [-0.39, 0.29) is 24.1 Å². The molecule has 1 saturated carbocycles. The number of aliphatic hydroxyl groups is 1. The van der Waals surface area contributed by atoms with E-state index >= 15 is 0 Å². The van der Waals surface area contributed by atoms with Gasteiger partial charge in [-0.1, -0.05) is 12.1 Å². The Morgan fingerprint density at radius 3 is 2.92 bits per heavy atom. The Hall–Kier alpha value is -2.21. The molecule has 6 nitrogen and oxygen atoms in total. The van der Waals surface area contributed by atoms with Crippen LogP contribution in [-0.2, 0) is 11.2 Å². The van der Waals surface area contributed by atoms with E-state index in [1.165, 1.54) is 0 Å². The Morgan fingerprint density at radius 1 is 1.38 bits per heavy atom. The highest BCUT2D eigenvalue weighted by atomic mass is 16.3. The quantitative estimate of drug-likeness (QED) is 0.684. The van der Waals surface area contributed by atoms with Gasteiger partial charge < -0.3 is 15.4 Å². The van der Waals surface area contributed by atoms with Crippen molar-refractivity contribution in [3.05, 3.63) is 40.4 Å². The van der Waals surface area contributed by atoms with Gasteiger partial charge in [0, 0.05) is 25.5 Å². The number of rotatable bonds is 8. The number of fused-ring (bicyclic) bond motifs is 1. The predicted octanol–water partition coefficient (Wildman–Crippen LogP) is 1.52. The van der Waals surface area contributed by atoms with Crippen molar-refractivity contribution >= 4 is 16.8 Å². The lowest BCUT2D eigenvalue weighted by Crippen LogP contribution is -2.37. The van der Waals surface area contributed by atoms with Gasteiger partial charge in [0.25, 0.3) is 5.56 Å². The first-order valence-electron chi connectivity index (χ1n) is 8.55. The minimum absolute atomic E-state index is 0.00323. The molecule has 1 aliphatic carbocycles. The van der Waals surface area contributed by atoms with Crippen molar-refractivity contribution in [1.29, 1.82) is 0 Å². The lowest BCUT2D eigenvalue weighted by molar-refractivity contribution is -0.122. The van der Waals surface area contributed by atoms with E-state index in [1.54, 1.807) is 6.07 Å². The van der Waals surface area contributed by atoms with Gasteiger partial charge in [-0.2, -0.15) is 0 Å². The third-order valence-electron chi connectivity index (χ3n) is 4.46. The summed E-state index contributed by atoms with van der Waals surface area (Å²) in [5, 5.41) is 12.7. The summed E-state index contributed by atoms with van der Waals surface area (Å²) in [6.45, 7) is 0.101. The average molecular weight is 329 g/mol. The van der Waals surface area contributed by atoms with E-state index in [9.17, 15) is 9.59 Å². The number of hydrogen-bond acceptors (Lipinski definition) is 4. The number of carbonyl (C=O) groups excluding carboxylic acids is 1. The van der Waals surface area contributed by atoms with Crippen LogP contribution in [-0.4, -0.2) is 33.6 Å². The Labute approximate surface area is 140 Å². The minimum Gasteiger partial charge on any atom is -0.396 e. The molecular formula is C18H23N3O3. The molecule has 3 N–H and O–H groups in total. The molecule has 1 heterocycles. The van der Waals surface area contributed by atoms with Gasteiger partial charge in [0.15, 0.2) is 0 Å². The fourth-order valence-corrected chi connectivity index (χ4v) is 3.01. The van der Waals surface area contributed by atoms with Crippen LogP contribution in [0.1, 0.15) is 37.9 Å². The molecule has 1 unspecified atom stereocenters. The van der Waals surface area contributed by atoms with Crippen LogP contribution >= 0.6 is 0 Å². The number of carbonyl (C=O) groups is 1. The molecular weight excluding hydrogens is 306 g/mol. The summed E-state index contributed by atoms with van der Waals surface area (Å²) in [4.78, 5) is 31.3. The van der Waals surface area contributed by atoms with Crippen molar-refractivity contribution < 1.29 is 9.90 Å². The summed E-state index contributed by atoms with van der Waals surface area (Å²) in [6, 6.07) is 7.33. The van der Waals surface area contributed by atoms with Gasteiger partial charge in [-0.15, -0.1) is 0 Å². The summed E-state index contributed by atoms with van der Waals surface area (Å²) in [7, 11) is 0. The van der Waals surface area contributed by atoms with Crippen molar-refractivity contribution in [3.8, 4) is 0 Å². The number of aromatic nitrogens is 2. The van der Waals surface area contributed by atoms with Crippen molar-refractivity contribution in [2.24, 2.45) is 5.92 Å². The standard InChI is InChI=1S/C18H23N3O3/c22-11-10-14(12-8-9-12)20-17(23)7-3-6-16-19-15-5-2-1-4-13(15)18(24)21-16/h1-2,4-5,12,14,22H,3,6-11H2,(H,20,23)(H,19,21,24). The highest BCUT2D eigenvalue weighted by molar-refractivity contribution is 5.77. The van der Waals surface area contributed by atoms with Gasteiger partial charge in [0.2, 0.25) is 5.91 Å². The number of para-hydroxylation sites is 1. The molecule has 1 atom stereocenters. The van der Waals surface area contributed by atoms with Crippen LogP contribution in [0, 0.1) is 5.92 Å². The molecule has 2 aromatic rings. The Morgan fingerprint density at radius 2 is 2.17 bits per heavy atom. The molecule has 0 saturated heterocycles. The zero-order valence-corrected chi connectivity index (χ0v) is 13.6. The summed E-state index contributed by atoms with van der Waals surface area (Å²) in [6.07, 6.45) is 4.47. The second kappa shape index (κ2) is 7.57. The highest BCUT2D eigenvalue weighted by Crippen LogP contribution is 2.33. The highest BCUT2D eigenvalue weighted by Gasteiger charge is 2.31. The Balaban J connectivity index is 1.52. The number of H-pyrrole nitrogens is 1. The smallest absolute Gasteiger partial charge is 0.258 e. The lowest BCUT2D eigenvalue weighted by Gasteiger charge is -2.17. The SMILES string of the molecule is O=C(CCCc1nc2ccccc2c(=O)[nH]1)NC(CCO)C1CC1. The molecule has 24 heavy (non-hydrogen) atoms. The van der Waals surface area contributed by atoms with E-state index in [2.05, 4.69) is 15.3 Å². The molecule has 1 aromatic carbocycles. The number of hydrogen-bond donors (Lipinski definition) is 3. The van der Waals surface area contributed by atoms with Gasteiger partial charge in [0.1, 0.15) is 5.82 Å². The second-order valence-corrected chi connectivity index (χ2v) is 6.41. The summed E-state index contributed by atoms with van der Waals surface area (Å²) >= 11 is 0. The predicted molar refractivity (Wildman–Crippen MR) is 91.7 cm³/mol. The first-order chi connectivity index (χ1) is 11.7. The average Bonchev–Trinajstić information content (AvgIpc) is 3.39. The van der Waals surface area contributed by atoms with E-state index < -0.39 is 0 Å². The molecule has 1 fully saturated rings. The maximum atomic E-state index is 12.0. The van der Waals surface area contributed by atoms with Gasteiger partial charge in [-0.25, -0.2) is 4.98 Å². The Kier molecular flexibility index (Phi) is 5.25. The molecule has 128 valence electrons.